The minimum atomic E-state index is -0.342. The number of anilines is 1. The summed E-state index contributed by atoms with van der Waals surface area (Å²) in [5.74, 6) is 1.97. The predicted molar refractivity (Wildman–Crippen MR) is 105 cm³/mol. The molecule has 0 saturated heterocycles. The van der Waals surface area contributed by atoms with Crippen LogP contribution in [0.4, 0.5) is 10.5 Å². The lowest BCUT2D eigenvalue weighted by atomic mass is 9.81. The van der Waals surface area contributed by atoms with Gasteiger partial charge in [0.2, 0.25) is 0 Å². The van der Waals surface area contributed by atoms with Crippen molar-refractivity contribution in [3.05, 3.63) is 58.8 Å². The number of urea groups is 1. The fourth-order valence-electron chi connectivity index (χ4n) is 3.73. The van der Waals surface area contributed by atoms with Gasteiger partial charge in [0.1, 0.15) is 11.5 Å². The molecule has 140 valence electrons. The van der Waals surface area contributed by atoms with Crippen LogP contribution in [0.3, 0.4) is 0 Å². The monoisotopic (exact) mass is 365 g/mol. The molecule has 3 aromatic rings. The second-order valence-electron chi connectivity index (χ2n) is 7.10. The first-order valence-electron chi connectivity index (χ1n) is 9.36. The number of H-pyrrole nitrogens is 2. The van der Waals surface area contributed by atoms with Crippen LogP contribution in [0.2, 0.25) is 0 Å². The first-order valence-corrected chi connectivity index (χ1v) is 9.36. The molecule has 0 aliphatic heterocycles. The van der Waals surface area contributed by atoms with Crippen LogP contribution < -0.4 is 16.2 Å². The van der Waals surface area contributed by atoms with E-state index in [-0.39, 0.29) is 17.3 Å². The fourth-order valence-corrected chi connectivity index (χ4v) is 3.73. The number of para-hydroxylation sites is 2. The number of imidazole rings is 1. The molecule has 1 aliphatic rings. The number of carbonyl (C=O) groups excluding carboxylic acids is 1. The summed E-state index contributed by atoms with van der Waals surface area (Å²) in [6.45, 7) is 0.615. The van der Waals surface area contributed by atoms with Crippen molar-refractivity contribution in [1.82, 2.24) is 20.3 Å². The number of nitrogens with zero attached hydrogens (tertiary/aromatic N) is 1. The van der Waals surface area contributed by atoms with Gasteiger partial charge in [-0.3, -0.25) is 4.79 Å². The lowest BCUT2D eigenvalue weighted by Crippen LogP contribution is -2.35. The highest BCUT2D eigenvalue weighted by atomic mass is 16.2. The van der Waals surface area contributed by atoms with E-state index in [4.69, 9.17) is 4.98 Å². The number of nitrogens with one attached hydrogen (secondary N) is 4. The zero-order valence-electron chi connectivity index (χ0n) is 15.0. The molecule has 27 heavy (non-hydrogen) atoms. The maximum absolute atomic E-state index is 12.0. The van der Waals surface area contributed by atoms with Crippen LogP contribution in [-0.2, 0) is 0 Å². The van der Waals surface area contributed by atoms with E-state index in [2.05, 4.69) is 26.7 Å². The van der Waals surface area contributed by atoms with Crippen LogP contribution in [0.1, 0.15) is 37.4 Å². The van der Waals surface area contributed by atoms with Gasteiger partial charge in [-0.2, -0.15) is 0 Å². The Bertz CT molecular complexity index is 952. The molecule has 0 bridgehead atoms. The van der Waals surface area contributed by atoms with E-state index in [1.807, 2.05) is 18.2 Å². The highest BCUT2D eigenvalue weighted by molar-refractivity contribution is 5.88. The van der Waals surface area contributed by atoms with E-state index in [1.165, 1.54) is 6.20 Å². The van der Waals surface area contributed by atoms with Crippen molar-refractivity contribution in [3.63, 3.8) is 0 Å². The lowest BCUT2D eigenvalue weighted by molar-refractivity contribution is 0.245. The van der Waals surface area contributed by atoms with Gasteiger partial charge in [-0.1, -0.05) is 12.1 Å². The van der Waals surface area contributed by atoms with Gasteiger partial charge in [0.15, 0.2) is 0 Å². The first-order chi connectivity index (χ1) is 13.2. The van der Waals surface area contributed by atoms with Crippen molar-refractivity contribution in [2.45, 2.75) is 31.6 Å². The predicted octanol–water partition coefficient (Wildman–Crippen LogP) is 3.35. The third-order valence-electron chi connectivity index (χ3n) is 5.26. The van der Waals surface area contributed by atoms with Gasteiger partial charge >= 0.3 is 6.03 Å². The molecule has 2 aromatic heterocycles. The molecule has 1 fully saturated rings. The number of aromatic nitrogens is 3. The van der Waals surface area contributed by atoms with Crippen molar-refractivity contribution in [2.24, 2.45) is 5.92 Å². The van der Waals surface area contributed by atoms with Crippen molar-refractivity contribution >= 4 is 22.8 Å². The molecular weight excluding hydrogens is 342 g/mol. The molecule has 1 aromatic carbocycles. The number of rotatable bonds is 4. The van der Waals surface area contributed by atoms with Gasteiger partial charge < -0.3 is 20.6 Å². The molecule has 1 aliphatic carbocycles. The number of carbonyl (C=O) groups is 1. The average molecular weight is 365 g/mol. The molecule has 2 amide bonds. The third-order valence-corrected chi connectivity index (χ3v) is 5.26. The van der Waals surface area contributed by atoms with Crippen LogP contribution in [0.25, 0.3) is 11.0 Å². The van der Waals surface area contributed by atoms with E-state index >= 15 is 0 Å². The second-order valence-corrected chi connectivity index (χ2v) is 7.10. The second kappa shape index (κ2) is 7.65. The Morgan fingerprint density at radius 1 is 1.11 bits per heavy atom. The summed E-state index contributed by atoms with van der Waals surface area (Å²) in [6, 6.07) is 11.0. The van der Waals surface area contributed by atoms with E-state index in [1.54, 1.807) is 12.1 Å². The van der Waals surface area contributed by atoms with Crippen LogP contribution >= 0.6 is 0 Å². The summed E-state index contributed by atoms with van der Waals surface area (Å²) in [4.78, 5) is 34.3. The normalized spacial score (nSPS) is 19.7. The number of benzene rings is 1. The average Bonchev–Trinajstić information content (AvgIpc) is 3.13. The minimum Gasteiger partial charge on any atom is -0.342 e. The van der Waals surface area contributed by atoms with Crippen LogP contribution in [0.5, 0.6) is 0 Å². The van der Waals surface area contributed by atoms with E-state index in [0.717, 1.165) is 42.5 Å². The van der Waals surface area contributed by atoms with Gasteiger partial charge in [0.05, 0.1) is 11.0 Å². The molecule has 0 unspecified atom stereocenters. The summed E-state index contributed by atoms with van der Waals surface area (Å²) < 4.78 is 0. The zero-order chi connectivity index (χ0) is 18.6. The van der Waals surface area contributed by atoms with Crippen LogP contribution in [-0.4, -0.2) is 27.5 Å². The standard InChI is InChI=1S/C20H23N5O2/c26-19-17(6-3-11-21-19)25-20(27)22-12-13-7-9-14(10-8-13)18-23-15-4-1-2-5-16(15)24-18/h1-6,11,13-14H,7-10,12H2,(H,21,26)(H,23,24)(H2,22,25,27). The number of fused-ring (bicyclic) bond motifs is 1. The van der Waals surface area contributed by atoms with Gasteiger partial charge in [-0.25, -0.2) is 9.78 Å². The maximum atomic E-state index is 12.0. The Hall–Kier alpha value is -3.09. The maximum Gasteiger partial charge on any atom is 0.319 e. The highest BCUT2D eigenvalue weighted by Gasteiger charge is 2.24. The summed E-state index contributed by atoms with van der Waals surface area (Å²) in [6.07, 6.45) is 5.76. The molecular formula is C20H23N5O2. The number of hydrogen-bond donors (Lipinski definition) is 4. The van der Waals surface area contributed by atoms with E-state index in [9.17, 15) is 9.59 Å². The molecule has 7 heteroatoms. The lowest BCUT2D eigenvalue weighted by Gasteiger charge is -2.27. The number of pyridine rings is 1. The molecule has 4 rings (SSSR count). The number of aromatic amines is 2. The Morgan fingerprint density at radius 3 is 2.70 bits per heavy atom. The van der Waals surface area contributed by atoms with Crippen LogP contribution in [0, 0.1) is 5.92 Å². The van der Waals surface area contributed by atoms with Gasteiger partial charge in [0.25, 0.3) is 5.56 Å². The molecule has 7 nitrogen and oxygen atoms in total. The zero-order valence-corrected chi connectivity index (χ0v) is 15.0. The van der Waals surface area contributed by atoms with Crippen molar-refractivity contribution < 1.29 is 4.79 Å². The smallest absolute Gasteiger partial charge is 0.319 e. The van der Waals surface area contributed by atoms with Gasteiger partial charge in [0, 0.05) is 18.7 Å². The summed E-state index contributed by atoms with van der Waals surface area (Å²) in [5, 5.41) is 5.47. The van der Waals surface area contributed by atoms with Gasteiger partial charge in [-0.05, 0) is 55.9 Å². The fraction of sp³-hybridized carbons (Fsp3) is 0.350. The Balaban J connectivity index is 1.26. The third kappa shape index (κ3) is 4.02. The van der Waals surface area contributed by atoms with Gasteiger partial charge in [-0.15, -0.1) is 0 Å². The highest BCUT2D eigenvalue weighted by Crippen LogP contribution is 2.34. The van der Waals surface area contributed by atoms with Crippen LogP contribution in [0.15, 0.2) is 47.4 Å². The van der Waals surface area contributed by atoms with Crippen molar-refractivity contribution in [1.29, 1.82) is 0 Å². The Morgan fingerprint density at radius 2 is 1.93 bits per heavy atom. The molecule has 0 radical (unpaired) electrons. The molecule has 0 atom stereocenters. The largest absolute Gasteiger partial charge is 0.342 e. The number of amides is 2. The van der Waals surface area contributed by atoms with E-state index < -0.39 is 0 Å². The molecule has 2 heterocycles. The van der Waals surface area contributed by atoms with Crippen molar-refractivity contribution in [3.8, 4) is 0 Å². The minimum absolute atomic E-state index is 0.253. The number of hydrogen-bond acceptors (Lipinski definition) is 3. The van der Waals surface area contributed by atoms with E-state index in [0.29, 0.717) is 18.4 Å². The summed E-state index contributed by atoms with van der Waals surface area (Å²) in [7, 11) is 0. The quantitative estimate of drug-likeness (QED) is 0.570. The topological polar surface area (TPSA) is 103 Å². The SMILES string of the molecule is O=C(NCC1CCC(c2nc3ccccc3[nH]2)CC1)Nc1ccc[nH]c1=O. The Labute approximate surface area is 156 Å². The Kier molecular flexibility index (Phi) is 4.91. The molecule has 4 N–H and O–H groups in total. The summed E-state index contributed by atoms with van der Waals surface area (Å²) >= 11 is 0. The van der Waals surface area contributed by atoms with Crippen molar-refractivity contribution in [2.75, 3.05) is 11.9 Å². The molecule has 1 saturated carbocycles. The first kappa shape index (κ1) is 17.3. The summed E-state index contributed by atoms with van der Waals surface area (Å²) in [5.41, 5.74) is 2.05. The molecule has 0 spiro atoms.